The van der Waals surface area contributed by atoms with Gasteiger partial charge in [0.15, 0.2) is 0 Å². The maximum Gasteiger partial charge on any atom is 0.354 e. The van der Waals surface area contributed by atoms with Crippen LogP contribution >= 0.6 is 0 Å². The van der Waals surface area contributed by atoms with Crippen molar-refractivity contribution in [2.75, 3.05) is 6.61 Å². The molecule has 1 rings (SSSR count). The number of pyridine rings is 1. The van der Waals surface area contributed by atoms with Crippen LogP contribution in [0.25, 0.3) is 0 Å². The number of hydrogen-bond acceptors (Lipinski definition) is 4. The van der Waals surface area contributed by atoms with Crippen LogP contribution in [0.1, 0.15) is 34.3 Å². The van der Waals surface area contributed by atoms with E-state index in [0.29, 0.717) is 6.61 Å². The van der Waals surface area contributed by atoms with Crippen LogP contribution in [-0.4, -0.2) is 38.8 Å². The summed E-state index contributed by atoms with van der Waals surface area (Å²) in [6.45, 7) is 2.25. The summed E-state index contributed by atoms with van der Waals surface area (Å²) in [5, 5.41) is 24.7. The zero-order valence-corrected chi connectivity index (χ0v) is 11.7. The first-order chi connectivity index (χ1) is 7.52. The Balaban J connectivity index is 0. The summed E-state index contributed by atoms with van der Waals surface area (Å²) in [6, 6.07) is 3.80. The van der Waals surface area contributed by atoms with Gasteiger partial charge >= 0.3 is 11.9 Å². The number of aromatic carboxylic acids is 2. The van der Waals surface area contributed by atoms with Gasteiger partial charge < -0.3 is 15.3 Å². The van der Waals surface area contributed by atoms with Crippen LogP contribution in [0, 0.1) is 0 Å². The van der Waals surface area contributed by atoms with E-state index in [1.807, 2.05) is 6.92 Å². The van der Waals surface area contributed by atoms with Crippen molar-refractivity contribution in [3.8, 4) is 0 Å². The molecule has 0 atom stereocenters. The average molecular weight is 318 g/mol. The number of carboxylic acids is 2. The molecule has 17 heavy (non-hydrogen) atoms. The topological polar surface area (TPSA) is 108 Å². The molecular formula is C10H13NO5Zr. The molecule has 0 fully saturated rings. The molecule has 7 heteroatoms. The van der Waals surface area contributed by atoms with Crippen molar-refractivity contribution >= 4 is 11.9 Å². The molecule has 0 saturated carbocycles. The van der Waals surface area contributed by atoms with Crippen molar-refractivity contribution in [1.29, 1.82) is 0 Å². The minimum Gasteiger partial charge on any atom is -0.477 e. The number of nitrogens with zero attached hydrogens (tertiary/aromatic N) is 1. The smallest absolute Gasteiger partial charge is 0.354 e. The summed E-state index contributed by atoms with van der Waals surface area (Å²) in [7, 11) is 0. The zero-order chi connectivity index (χ0) is 12.6. The molecule has 0 unspecified atom stereocenters. The quantitative estimate of drug-likeness (QED) is 0.763. The van der Waals surface area contributed by atoms with Gasteiger partial charge in [0.1, 0.15) is 11.4 Å². The van der Waals surface area contributed by atoms with Crippen molar-refractivity contribution in [3.63, 3.8) is 0 Å². The van der Waals surface area contributed by atoms with Gasteiger partial charge in [-0.3, -0.25) is 0 Å². The Morgan fingerprint density at radius 2 is 1.53 bits per heavy atom. The number of aliphatic hydroxyl groups is 1. The van der Waals surface area contributed by atoms with Crippen LogP contribution in [0.5, 0.6) is 0 Å². The molecule has 0 bridgehead atoms. The van der Waals surface area contributed by atoms with Gasteiger partial charge in [0.2, 0.25) is 0 Å². The third-order valence-electron chi connectivity index (χ3n) is 1.41. The monoisotopic (exact) mass is 317 g/mol. The molecule has 0 saturated heterocycles. The SMILES string of the molecule is CCCO.O=C(O)c1cccc(C(=O)O)n1.[Zr]. The second-order valence-electron chi connectivity index (χ2n) is 2.74. The Labute approximate surface area is 117 Å². The molecule has 0 aromatic carbocycles. The molecule has 0 spiro atoms. The van der Waals surface area contributed by atoms with E-state index >= 15 is 0 Å². The molecule has 3 N–H and O–H groups in total. The van der Waals surface area contributed by atoms with Crippen molar-refractivity contribution in [3.05, 3.63) is 29.6 Å². The van der Waals surface area contributed by atoms with Gasteiger partial charge in [0, 0.05) is 32.8 Å². The maximum absolute atomic E-state index is 10.3. The number of hydrogen-bond donors (Lipinski definition) is 3. The second-order valence-corrected chi connectivity index (χ2v) is 2.74. The van der Waals surface area contributed by atoms with Gasteiger partial charge in [-0.05, 0) is 18.6 Å². The molecule has 0 radical (unpaired) electrons. The Morgan fingerprint density at radius 3 is 1.76 bits per heavy atom. The van der Waals surface area contributed by atoms with E-state index in [0.717, 1.165) is 6.42 Å². The first-order valence-corrected chi connectivity index (χ1v) is 4.57. The van der Waals surface area contributed by atoms with Gasteiger partial charge in [0.05, 0.1) is 0 Å². The molecular weight excluding hydrogens is 305 g/mol. The number of aliphatic hydroxyl groups excluding tert-OH is 1. The van der Waals surface area contributed by atoms with Gasteiger partial charge in [-0.15, -0.1) is 0 Å². The normalized spacial score (nSPS) is 8.35. The summed E-state index contributed by atoms with van der Waals surface area (Å²) in [5.74, 6) is -2.48. The second kappa shape index (κ2) is 10.1. The third-order valence-corrected chi connectivity index (χ3v) is 1.41. The van der Waals surface area contributed by atoms with E-state index in [1.165, 1.54) is 18.2 Å². The van der Waals surface area contributed by atoms with E-state index in [1.54, 1.807) is 0 Å². The number of rotatable bonds is 3. The van der Waals surface area contributed by atoms with E-state index in [2.05, 4.69) is 4.98 Å². The molecule has 0 aliphatic heterocycles. The first-order valence-electron chi connectivity index (χ1n) is 4.57. The Bertz CT molecular complexity index is 338. The fourth-order valence-corrected chi connectivity index (χ4v) is 0.673. The number of carboxylic acid groups (broad SMARTS) is 2. The molecule has 0 aliphatic rings. The van der Waals surface area contributed by atoms with Crippen LogP contribution in [0.3, 0.4) is 0 Å². The summed E-state index contributed by atoms with van der Waals surface area (Å²) >= 11 is 0. The van der Waals surface area contributed by atoms with Gasteiger partial charge in [0.25, 0.3) is 0 Å². The van der Waals surface area contributed by atoms with E-state index < -0.39 is 11.9 Å². The van der Waals surface area contributed by atoms with E-state index in [4.69, 9.17) is 15.3 Å². The zero-order valence-electron chi connectivity index (χ0n) is 9.25. The minimum absolute atomic E-state index is 0. The van der Waals surface area contributed by atoms with Crippen LogP contribution in [0.4, 0.5) is 0 Å². The summed E-state index contributed by atoms with van der Waals surface area (Å²) in [5.41, 5.74) is -0.537. The fraction of sp³-hybridized carbons (Fsp3) is 0.300. The van der Waals surface area contributed by atoms with Crippen molar-refractivity contribution < 1.29 is 51.1 Å². The van der Waals surface area contributed by atoms with Gasteiger partial charge in [-0.25, -0.2) is 14.6 Å². The summed E-state index contributed by atoms with van der Waals surface area (Å²) in [6.07, 6.45) is 0.875. The number of aromatic nitrogens is 1. The predicted molar refractivity (Wildman–Crippen MR) is 55.5 cm³/mol. The third kappa shape index (κ3) is 7.77. The van der Waals surface area contributed by atoms with Crippen LogP contribution in [0.15, 0.2) is 18.2 Å². The van der Waals surface area contributed by atoms with Crippen molar-refractivity contribution in [2.24, 2.45) is 0 Å². The van der Waals surface area contributed by atoms with Gasteiger partial charge in [-0.2, -0.15) is 0 Å². The largest absolute Gasteiger partial charge is 0.477 e. The Morgan fingerprint density at radius 1 is 1.18 bits per heavy atom. The molecule has 0 amide bonds. The Kier molecular flexibility index (Phi) is 10.9. The molecule has 92 valence electrons. The van der Waals surface area contributed by atoms with E-state index in [-0.39, 0.29) is 37.6 Å². The minimum atomic E-state index is -1.24. The molecule has 6 nitrogen and oxygen atoms in total. The standard InChI is InChI=1S/C7H5NO4.C3H8O.Zr/c9-6(10)4-2-1-3-5(8-4)7(11)12;1-2-3-4;/h1-3H,(H,9,10)(H,11,12);4H,2-3H2,1H3;. The number of carbonyl (C=O) groups is 2. The van der Waals surface area contributed by atoms with Crippen molar-refractivity contribution in [2.45, 2.75) is 13.3 Å². The van der Waals surface area contributed by atoms with Crippen molar-refractivity contribution in [1.82, 2.24) is 4.98 Å². The van der Waals surface area contributed by atoms with Gasteiger partial charge in [-0.1, -0.05) is 13.0 Å². The maximum atomic E-state index is 10.3. The average Bonchev–Trinajstić information content (AvgIpc) is 2.29. The summed E-state index contributed by atoms with van der Waals surface area (Å²) < 4.78 is 0. The van der Waals surface area contributed by atoms with Crippen LogP contribution in [0.2, 0.25) is 0 Å². The molecule has 1 heterocycles. The molecule has 1 aromatic rings. The molecule has 0 aliphatic carbocycles. The van der Waals surface area contributed by atoms with Crippen LogP contribution in [-0.2, 0) is 26.2 Å². The Hall–Kier alpha value is -1.07. The first kappa shape index (κ1) is 18.3. The summed E-state index contributed by atoms with van der Waals surface area (Å²) in [4.78, 5) is 24.0. The molecule has 1 aromatic heterocycles. The van der Waals surface area contributed by atoms with E-state index in [9.17, 15) is 9.59 Å². The fourth-order valence-electron chi connectivity index (χ4n) is 0.673. The van der Waals surface area contributed by atoms with Crippen LogP contribution < -0.4 is 0 Å². The predicted octanol–water partition coefficient (Wildman–Crippen LogP) is 0.864.